The summed E-state index contributed by atoms with van der Waals surface area (Å²) in [6, 6.07) is 24.3. The maximum absolute atomic E-state index is 12.1. The Morgan fingerprint density at radius 1 is 0.963 bits per heavy atom. The zero-order chi connectivity index (χ0) is 18.5. The first-order valence-corrected chi connectivity index (χ1v) is 9.46. The predicted molar refractivity (Wildman–Crippen MR) is 109 cm³/mol. The normalized spacial score (nSPS) is 16.6. The molecule has 1 aliphatic rings. The molecule has 0 amide bonds. The second-order valence-electron chi connectivity index (χ2n) is 6.87. The fourth-order valence-corrected chi connectivity index (χ4v) is 3.55. The molecule has 0 aliphatic carbocycles. The van der Waals surface area contributed by atoms with Crippen LogP contribution >= 0.6 is 0 Å². The van der Waals surface area contributed by atoms with E-state index in [2.05, 4.69) is 39.6 Å². The zero-order valence-corrected chi connectivity index (χ0v) is 15.3. The van der Waals surface area contributed by atoms with Gasteiger partial charge in [0.15, 0.2) is 0 Å². The first-order chi connectivity index (χ1) is 13.3. The Kier molecular flexibility index (Phi) is 5.30. The molecule has 4 rings (SSSR count). The Balaban J connectivity index is 1.34. The minimum absolute atomic E-state index is 0.0613. The van der Waals surface area contributed by atoms with Crippen LogP contribution in [0.4, 0.5) is 5.69 Å². The lowest BCUT2D eigenvalue weighted by molar-refractivity contribution is 0.486. The van der Waals surface area contributed by atoms with Crippen LogP contribution in [-0.4, -0.2) is 35.5 Å². The molecule has 2 heterocycles. The predicted octanol–water partition coefficient (Wildman–Crippen LogP) is 2.78. The maximum Gasteiger partial charge on any atom is 0.266 e. The van der Waals surface area contributed by atoms with Crippen molar-refractivity contribution in [3.63, 3.8) is 0 Å². The summed E-state index contributed by atoms with van der Waals surface area (Å²) >= 11 is 0. The first kappa shape index (κ1) is 17.5. The molecule has 3 aromatic rings. The number of nitrogens with zero attached hydrogens (tertiary/aromatic N) is 3. The lowest BCUT2D eigenvalue weighted by Gasteiger charge is -2.19. The summed E-state index contributed by atoms with van der Waals surface area (Å²) in [6.45, 7) is 3.36. The third-order valence-electron chi connectivity index (χ3n) is 5.00. The summed E-state index contributed by atoms with van der Waals surface area (Å²) in [7, 11) is 0. The molecule has 0 radical (unpaired) electrons. The summed E-state index contributed by atoms with van der Waals surface area (Å²) in [6.07, 6.45) is 1.11. The van der Waals surface area contributed by atoms with Crippen molar-refractivity contribution in [3.8, 4) is 11.3 Å². The van der Waals surface area contributed by atoms with Crippen LogP contribution in [0, 0.1) is 0 Å². The molecular formula is C22H24N4O. The van der Waals surface area contributed by atoms with E-state index < -0.39 is 0 Å². The molecular weight excluding hydrogens is 336 g/mol. The quantitative estimate of drug-likeness (QED) is 0.734. The summed E-state index contributed by atoms with van der Waals surface area (Å²) in [5, 5.41) is 8.10. The Hall–Kier alpha value is -2.92. The molecule has 1 aromatic heterocycles. The number of hydrogen-bond donors (Lipinski definition) is 1. The van der Waals surface area contributed by atoms with Crippen LogP contribution in [-0.2, 0) is 6.54 Å². The fourth-order valence-electron chi connectivity index (χ4n) is 3.55. The molecule has 1 aliphatic heterocycles. The summed E-state index contributed by atoms with van der Waals surface area (Å²) in [5.41, 5.74) is 3.06. The number of aromatic nitrogens is 2. The molecule has 138 valence electrons. The molecule has 1 atom stereocenters. The standard InChI is InChI=1S/C22H24N4O/c27-22-12-11-21(18-7-3-1-4-8-18)24-26(22)16-14-23-19-13-15-25(17-19)20-9-5-2-6-10-20/h1-12,19,23H,13-17H2. The number of para-hydroxylation sites is 1. The van der Waals surface area contributed by atoms with Crippen LogP contribution in [0.25, 0.3) is 11.3 Å². The van der Waals surface area contributed by atoms with Gasteiger partial charge in [-0.2, -0.15) is 5.10 Å². The Labute approximate surface area is 159 Å². The maximum atomic E-state index is 12.1. The van der Waals surface area contributed by atoms with Crippen molar-refractivity contribution in [2.24, 2.45) is 0 Å². The molecule has 1 N–H and O–H groups in total. The lowest BCUT2D eigenvalue weighted by atomic mass is 10.1. The van der Waals surface area contributed by atoms with Crippen molar-refractivity contribution in [2.45, 2.75) is 19.0 Å². The van der Waals surface area contributed by atoms with E-state index in [9.17, 15) is 4.79 Å². The lowest BCUT2D eigenvalue weighted by Crippen LogP contribution is -2.36. The molecule has 0 spiro atoms. The Bertz CT molecular complexity index is 924. The molecule has 1 saturated heterocycles. The minimum Gasteiger partial charge on any atom is -0.370 e. The summed E-state index contributed by atoms with van der Waals surface area (Å²) < 4.78 is 1.55. The average molecular weight is 360 g/mol. The van der Waals surface area contributed by atoms with Gasteiger partial charge in [-0.05, 0) is 24.6 Å². The van der Waals surface area contributed by atoms with Crippen molar-refractivity contribution >= 4 is 5.69 Å². The van der Waals surface area contributed by atoms with E-state index in [1.54, 1.807) is 16.8 Å². The third kappa shape index (κ3) is 4.26. The van der Waals surface area contributed by atoms with Crippen molar-refractivity contribution in [1.82, 2.24) is 15.1 Å². The van der Waals surface area contributed by atoms with Gasteiger partial charge in [0.2, 0.25) is 0 Å². The highest BCUT2D eigenvalue weighted by molar-refractivity contribution is 5.57. The number of hydrogen-bond acceptors (Lipinski definition) is 4. The van der Waals surface area contributed by atoms with Crippen molar-refractivity contribution in [1.29, 1.82) is 0 Å². The van der Waals surface area contributed by atoms with E-state index in [4.69, 9.17) is 0 Å². The van der Waals surface area contributed by atoms with E-state index in [0.717, 1.165) is 37.3 Å². The second-order valence-corrected chi connectivity index (χ2v) is 6.87. The van der Waals surface area contributed by atoms with E-state index in [1.807, 2.05) is 36.4 Å². The fraction of sp³-hybridized carbons (Fsp3) is 0.273. The van der Waals surface area contributed by atoms with Gasteiger partial charge in [0.1, 0.15) is 0 Å². The largest absolute Gasteiger partial charge is 0.370 e. The highest BCUT2D eigenvalue weighted by Gasteiger charge is 2.21. The molecule has 2 aromatic carbocycles. The van der Waals surface area contributed by atoms with Gasteiger partial charge in [-0.3, -0.25) is 4.79 Å². The number of benzene rings is 2. The Morgan fingerprint density at radius 2 is 1.70 bits per heavy atom. The first-order valence-electron chi connectivity index (χ1n) is 9.46. The summed E-state index contributed by atoms with van der Waals surface area (Å²) in [5.74, 6) is 0. The minimum atomic E-state index is -0.0613. The van der Waals surface area contributed by atoms with Crippen molar-refractivity contribution in [3.05, 3.63) is 83.2 Å². The van der Waals surface area contributed by atoms with Crippen LogP contribution in [0.15, 0.2) is 77.6 Å². The molecule has 5 nitrogen and oxygen atoms in total. The van der Waals surface area contributed by atoms with Gasteiger partial charge in [0.25, 0.3) is 5.56 Å². The van der Waals surface area contributed by atoms with Gasteiger partial charge >= 0.3 is 0 Å². The van der Waals surface area contributed by atoms with E-state index in [0.29, 0.717) is 12.6 Å². The van der Waals surface area contributed by atoms with Crippen molar-refractivity contribution in [2.75, 3.05) is 24.5 Å². The van der Waals surface area contributed by atoms with Crippen LogP contribution in [0.1, 0.15) is 6.42 Å². The number of nitrogens with one attached hydrogen (secondary N) is 1. The van der Waals surface area contributed by atoms with Gasteiger partial charge in [0, 0.05) is 43.0 Å². The molecule has 0 bridgehead atoms. The smallest absolute Gasteiger partial charge is 0.266 e. The van der Waals surface area contributed by atoms with Crippen LogP contribution in [0.2, 0.25) is 0 Å². The van der Waals surface area contributed by atoms with E-state index >= 15 is 0 Å². The SMILES string of the molecule is O=c1ccc(-c2ccccc2)nn1CCNC1CCN(c2ccccc2)C1. The monoisotopic (exact) mass is 360 g/mol. The van der Waals surface area contributed by atoms with E-state index in [1.165, 1.54) is 5.69 Å². The number of rotatable bonds is 6. The highest BCUT2D eigenvalue weighted by atomic mass is 16.1. The number of anilines is 1. The van der Waals surface area contributed by atoms with Crippen LogP contribution in [0.3, 0.4) is 0 Å². The molecule has 0 saturated carbocycles. The van der Waals surface area contributed by atoms with Gasteiger partial charge in [-0.1, -0.05) is 48.5 Å². The van der Waals surface area contributed by atoms with Gasteiger partial charge in [-0.15, -0.1) is 0 Å². The van der Waals surface area contributed by atoms with Gasteiger partial charge in [-0.25, -0.2) is 4.68 Å². The van der Waals surface area contributed by atoms with Crippen molar-refractivity contribution < 1.29 is 0 Å². The van der Waals surface area contributed by atoms with Crippen LogP contribution in [0.5, 0.6) is 0 Å². The third-order valence-corrected chi connectivity index (χ3v) is 5.00. The van der Waals surface area contributed by atoms with Gasteiger partial charge < -0.3 is 10.2 Å². The highest BCUT2D eigenvalue weighted by Crippen LogP contribution is 2.19. The zero-order valence-electron chi connectivity index (χ0n) is 15.3. The molecule has 27 heavy (non-hydrogen) atoms. The van der Waals surface area contributed by atoms with E-state index in [-0.39, 0.29) is 5.56 Å². The Morgan fingerprint density at radius 3 is 2.48 bits per heavy atom. The summed E-state index contributed by atoms with van der Waals surface area (Å²) in [4.78, 5) is 14.5. The van der Waals surface area contributed by atoms with Crippen LogP contribution < -0.4 is 15.8 Å². The molecule has 1 unspecified atom stereocenters. The molecule has 5 heteroatoms. The van der Waals surface area contributed by atoms with Gasteiger partial charge in [0.05, 0.1) is 12.2 Å². The average Bonchev–Trinajstić information content (AvgIpc) is 3.20. The molecule has 1 fully saturated rings. The topological polar surface area (TPSA) is 50.2 Å². The second kappa shape index (κ2) is 8.18.